The predicted molar refractivity (Wildman–Crippen MR) is 113 cm³/mol. The van der Waals surface area contributed by atoms with E-state index >= 15 is 0 Å². The van der Waals surface area contributed by atoms with Gasteiger partial charge in [0.1, 0.15) is 11.6 Å². The van der Waals surface area contributed by atoms with Gasteiger partial charge in [-0.2, -0.15) is 0 Å². The van der Waals surface area contributed by atoms with Gasteiger partial charge in [-0.25, -0.2) is 4.98 Å². The van der Waals surface area contributed by atoms with E-state index in [-0.39, 0.29) is 5.75 Å². The molecule has 0 aliphatic carbocycles. The molecule has 140 valence electrons. The van der Waals surface area contributed by atoms with Crippen molar-refractivity contribution in [2.45, 2.75) is 18.9 Å². The fourth-order valence-electron chi connectivity index (χ4n) is 4.33. The summed E-state index contributed by atoms with van der Waals surface area (Å²) >= 11 is 0. The van der Waals surface area contributed by atoms with Crippen molar-refractivity contribution in [1.82, 2.24) is 14.9 Å². The van der Waals surface area contributed by atoms with Gasteiger partial charge in [-0.3, -0.25) is 4.90 Å². The van der Waals surface area contributed by atoms with Gasteiger partial charge in [0.15, 0.2) is 0 Å². The zero-order valence-corrected chi connectivity index (χ0v) is 15.9. The number of aromatic hydroxyl groups is 1. The lowest BCUT2D eigenvalue weighted by atomic mass is 9.94. The number of aromatic amines is 1. The number of imidazole rings is 1. The number of nitrogens with one attached hydrogen (secondary N) is 1. The number of fused-ring (bicyclic) bond motifs is 1. The van der Waals surface area contributed by atoms with Crippen LogP contribution in [0, 0.1) is 0 Å². The summed E-state index contributed by atoms with van der Waals surface area (Å²) in [6, 6.07) is 20.6. The van der Waals surface area contributed by atoms with Crippen LogP contribution in [-0.4, -0.2) is 33.6 Å². The summed E-state index contributed by atoms with van der Waals surface area (Å²) in [5.41, 5.74) is 4.48. The van der Waals surface area contributed by atoms with Crippen LogP contribution in [0.15, 0.2) is 66.9 Å². The third-order valence-electron chi connectivity index (χ3n) is 5.82. The molecule has 0 amide bonds. The Balaban J connectivity index is 1.61. The van der Waals surface area contributed by atoms with Crippen LogP contribution < -0.4 is 0 Å². The second kappa shape index (κ2) is 6.80. The fourth-order valence-corrected chi connectivity index (χ4v) is 4.33. The van der Waals surface area contributed by atoms with Crippen molar-refractivity contribution < 1.29 is 5.11 Å². The van der Waals surface area contributed by atoms with Gasteiger partial charge in [0.2, 0.25) is 0 Å². The molecule has 1 aliphatic heterocycles. The molecule has 2 heterocycles. The van der Waals surface area contributed by atoms with Crippen molar-refractivity contribution in [2.24, 2.45) is 0 Å². The normalized spacial score (nSPS) is 17.4. The molecule has 0 radical (unpaired) electrons. The number of phenolic OH excluding ortho intramolecular Hbond substituents is 1. The third kappa shape index (κ3) is 2.86. The molecule has 4 heteroatoms. The van der Waals surface area contributed by atoms with Crippen LogP contribution in [0.25, 0.3) is 33.2 Å². The smallest absolute Gasteiger partial charge is 0.123 e. The summed E-state index contributed by atoms with van der Waals surface area (Å²) in [6.07, 6.45) is 4.34. The molecule has 1 aromatic heterocycles. The first-order valence-corrected chi connectivity index (χ1v) is 9.77. The number of hydrogen-bond acceptors (Lipinski definition) is 3. The van der Waals surface area contributed by atoms with Crippen LogP contribution in [-0.2, 0) is 0 Å². The SMILES string of the molecule is CN1CCC[C@H]1c1ncc(-c2ccc(-c3ccc(O)cc3)c3ccccc23)[nH]1. The topological polar surface area (TPSA) is 52.1 Å². The minimum atomic E-state index is 0.284. The van der Waals surface area contributed by atoms with E-state index in [2.05, 4.69) is 53.3 Å². The molecule has 1 fully saturated rings. The Labute approximate surface area is 164 Å². The second-order valence-electron chi connectivity index (χ2n) is 7.57. The van der Waals surface area contributed by atoms with Crippen LogP contribution >= 0.6 is 0 Å². The van der Waals surface area contributed by atoms with Gasteiger partial charge in [0.05, 0.1) is 17.9 Å². The summed E-state index contributed by atoms with van der Waals surface area (Å²) in [6.45, 7) is 1.13. The first kappa shape index (κ1) is 17.0. The highest BCUT2D eigenvalue weighted by atomic mass is 16.3. The maximum Gasteiger partial charge on any atom is 0.123 e. The van der Waals surface area contributed by atoms with E-state index in [1.165, 1.54) is 17.2 Å². The van der Waals surface area contributed by atoms with Crippen molar-refractivity contribution in [2.75, 3.05) is 13.6 Å². The van der Waals surface area contributed by atoms with Gasteiger partial charge >= 0.3 is 0 Å². The van der Waals surface area contributed by atoms with E-state index in [0.717, 1.165) is 41.2 Å². The van der Waals surface area contributed by atoms with E-state index in [4.69, 9.17) is 4.98 Å². The summed E-state index contributed by atoms with van der Waals surface area (Å²) in [7, 11) is 2.17. The maximum absolute atomic E-state index is 9.61. The van der Waals surface area contributed by atoms with Crippen LogP contribution in [0.5, 0.6) is 5.75 Å². The minimum absolute atomic E-state index is 0.284. The predicted octanol–water partition coefficient (Wildman–Crippen LogP) is 5.37. The Morgan fingerprint density at radius 3 is 2.39 bits per heavy atom. The van der Waals surface area contributed by atoms with Gasteiger partial charge in [-0.15, -0.1) is 0 Å². The summed E-state index contributed by atoms with van der Waals surface area (Å²) < 4.78 is 0. The molecule has 0 bridgehead atoms. The first-order chi connectivity index (χ1) is 13.7. The van der Waals surface area contributed by atoms with Gasteiger partial charge < -0.3 is 10.1 Å². The molecule has 5 rings (SSSR count). The van der Waals surface area contributed by atoms with Crippen LogP contribution in [0.2, 0.25) is 0 Å². The summed E-state index contributed by atoms with van der Waals surface area (Å²) in [4.78, 5) is 10.6. The van der Waals surface area contributed by atoms with Crippen molar-refractivity contribution in [3.63, 3.8) is 0 Å². The van der Waals surface area contributed by atoms with Crippen LogP contribution in [0.1, 0.15) is 24.7 Å². The van der Waals surface area contributed by atoms with Crippen molar-refractivity contribution >= 4 is 10.8 Å². The van der Waals surface area contributed by atoms with Crippen molar-refractivity contribution in [1.29, 1.82) is 0 Å². The molecule has 3 aromatic carbocycles. The van der Waals surface area contributed by atoms with E-state index in [0.29, 0.717) is 6.04 Å². The highest BCUT2D eigenvalue weighted by molar-refractivity contribution is 6.04. The lowest BCUT2D eigenvalue weighted by Gasteiger charge is -2.16. The quantitative estimate of drug-likeness (QED) is 0.510. The molecule has 0 saturated carbocycles. The molecule has 1 aliphatic rings. The molecule has 1 atom stereocenters. The Bertz CT molecular complexity index is 1130. The number of hydrogen-bond donors (Lipinski definition) is 2. The van der Waals surface area contributed by atoms with Crippen LogP contribution in [0.4, 0.5) is 0 Å². The van der Waals surface area contributed by atoms with Crippen molar-refractivity contribution in [3.8, 4) is 28.1 Å². The summed E-state index contributed by atoms with van der Waals surface area (Å²) in [5.74, 6) is 1.34. The average Bonchev–Trinajstić information content (AvgIpc) is 3.37. The molecule has 4 nitrogen and oxygen atoms in total. The fraction of sp³-hybridized carbons (Fsp3) is 0.208. The van der Waals surface area contributed by atoms with Gasteiger partial charge in [0, 0.05) is 5.56 Å². The second-order valence-corrected chi connectivity index (χ2v) is 7.57. The Kier molecular flexibility index (Phi) is 4.14. The lowest BCUT2D eigenvalue weighted by molar-refractivity contribution is 0.307. The zero-order valence-electron chi connectivity index (χ0n) is 15.9. The van der Waals surface area contributed by atoms with Gasteiger partial charge in [0.25, 0.3) is 0 Å². The van der Waals surface area contributed by atoms with Crippen LogP contribution in [0.3, 0.4) is 0 Å². The Hall–Kier alpha value is -3.11. The Morgan fingerprint density at radius 1 is 0.964 bits per heavy atom. The highest BCUT2D eigenvalue weighted by Crippen LogP contribution is 2.36. The number of benzene rings is 3. The van der Waals surface area contributed by atoms with E-state index in [1.54, 1.807) is 12.1 Å². The summed E-state index contributed by atoms with van der Waals surface area (Å²) in [5, 5.41) is 12.0. The Morgan fingerprint density at radius 2 is 1.68 bits per heavy atom. The number of aromatic nitrogens is 2. The molecule has 4 aromatic rings. The van der Waals surface area contributed by atoms with E-state index in [1.807, 2.05) is 18.3 Å². The number of rotatable bonds is 3. The number of H-pyrrole nitrogens is 1. The highest BCUT2D eigenvalue weighted by Gasteiger charge is 2.25. The molecule has 1 saturated heterocycles. The van der Waals surface area contributed by atoms with Gasteiger partial charge in [-0.05, 0) is 60.5 Å². The van der Waals surface area contributed by atoms with E-state index in [9.17, 15) is 5.11 Å². The molecular weight excluding hydrogens is 346 g/mol. The van der Waals surface area contributed by atoms with Crippen molar-refractivity contribution in [3.05, 3.63) is 72.7 Å². The number of likely N-dealkylation sites (tertiary alicyclic amines) is 1. The largest absolute Gasteiger partial charge is 0.508 e. The van der Waals surface area contributed by atoms with E-state index < -0.39 is 0 Å². The zero-order chi connectivity index (χ0) is 19.1. The molecule has 0 spiro atoms. The minimum Gasteiger partial charge on any atom is -0.508 e. The lowest BCUT2D eigenvalue weighted by Crippen LogP contribution is -2.18. The molecule has 28 heavy (non-hydrogen) atoms. The average molecular weight is 369 g/mol. The first-order valence-electron chi connectivity index (χ1n) is 9.77. The third-order valence-corrected chi connectivity index (χ3v) is 5.82. The molecule has 0 unspecified atom stereocenters. The number of nitrogens with zero attached hydrogens (tertiary/aromatic N) is 2. The monoisotopic (exact) mass is 369 g/mol. The molecule has 2 N–H and O–H groups in total. The maximum atomic E-state index is 9.61. The number of phenols is 1. The van der Waals surface area contributed by atoms with Gasteiger partial charge in [-0.1, -0.05) is 48.5 Å². The standard InChI is InChI=1S/C24H23N3O/c1-27-14-4-7-23(27)24-25-15-22(26-24)21-13-12-18(16-8-10-17(28)11-9-16)19-5-2-3-6-20(19)21/h2-3,5-6,8-13,15,23,28H,4,7,14H2,1H3,(H,25,26)/t23-/m0/s1. The molecular formula is C24H23N3O.